The van der Waals surface area contributed by atoms with Crippen molar-refractivity contribution in [1.29, 1.82) is 0 Å². The minimum absolute atomic E-state index is 0.221. The van der Waals surface area contributed by atoms with Crippen LogP contribution in [0.3, 0.4) is 0 Å². The van der Waals surface area contributed by atoms with Crippen molar-refractivity contribution in [1.82, 2.24) is 25.8 Å². The molecular formula is C21H33N5O6. The Labute approximate surface area is 187 Å². The predicted octanol–water partition coefficient (Wildman–Crippen LogP) is -1.19. The monoisotopic (exact) mass is 451 g/mol. The molecule has 32 heavy (non-hydrogen) atoms. The van der Waals surface area contributed by atoms with Gasteiger partial charge in [-0.15, -0.1) is 0 Å². The van der Waals surface area contributed by atoms with Gasteiger partial charge in [-0.3, -0.25) is 19.2 Å². The molecule has 0 aliphatic carbocycles. The van der Waals surface area contributed by atoms with Crippen LogP contribution < -0.4 is 16.0 Å². The molecule has 0 unspecified atom stereocenters. The summed E-state index contributed by atoms with van der Waals surface area (Å²) in [6, 6.07) is -3.56. The molecule has 0 aromatic carbocycles. The normalized spacial score (nSPS) is 27.1. The number of carbonyl (C=O) groups is 5. The van der Waals surface area contributed by atoms with E-state index in [0.29, 0.717) is 38.8 Å². The van der Waals surface area contributed by atoms with E-state index in [9.17, 15) is 29.1 Å². The quantitative estimate of drug-likeness (QED) is 0.381. The standard InChI is InChI=1S/C21H33N5O6/c1-12(23-17(27)14-6-3-9-22-14)19(29)25-10-4-7-15(25)18(28)24-13(2)20(30)26-11-5-8-16(26)21(31)32/h12-16,22H,3-11H2,1-2H3,(H,23,27)(H,24,28)(H,31,32)/t12-,13-,14-,15-,16-/m0/s1. The number of nitrogens with one attached hydrogen (secondary N) is 3. The molecule has 0 radical (unpaired) electrons. The number of amides is 4. The summed E-state index contributed by atoms with van der Waals surface area (Å²) in [4.78, 5) is 64.9. The lowest BCUT2D eigenvalue weighted by molar-refractivity contribution is -0.149. The van der Waals surface area contributed by atoms with E-state index in [2.05, 4.69) is 16.0 Å². The molecule has 11 nitrogen and oxygen atoms in total. The van der Waals surface area contributed by atoms with Crippen molar-refractivity contribution in [3.8, 4) is 0 Å². The van der Waals surface area contributed by atoms with Crippen LogP contribution >= 0.6 is 0 Å². The maximum Gasteiger partial charge on any atom is 0.326 e. The van der Waals surface area contributed by atoms with Gasteiger partial charge in [0.15, 0.2) is 0 Å². The van der Waals surface area contributed by atoms with Gasteiger partial charge in [0, 0.05) is 13.1 Å². The SMILES string of the molecule is C[C@H](NC(=O)[C@@H]1CCCN1C(=O)[C@H](C)NC(=O)[C@@H]1CCCN1)C(=O)N1CCC[C@H]1C(=O)O. The van der Waals surface area contributed by atoms with E-state index < -0.39 is 42.0 Å². The summed E-state index contributed by atoms with van der Waals surface area (Å²) in [6.07, 6.45) is 3.75. The third-order valence-corrected chi connectivity index (χ3v) is 6.49. The number of hydrogen-bond donors (Lipinski definition) is 4. The van der Waals surface area contributed by atoms with Gasteiger partial charge in [-0.2, -0.15) is 0 Å². The van der Waals surface area contributed by atoms with Crippen LogP contribution in [0, 0.1) is 0 Å². The van der Waals surface area contributed by atoms with Gasteiger partial charge >= 0.3 is 5.97 Å². The van der Waals surface area contributed by atoms with Crippen LogP contribution in [0.15, 0.2) is 0 Å². The maximum atomic E-state index is 12.9. The van der Waals surface area contributed by atoms with E-state index in [0.717, 1.165) is 19.4 Å². The summed E-state index contributed by atoms with van der Waals surface area (Å²) in [5.74, 6) is -2.49. The fourth-order valence-electron chi connectivity index (χ4n) is 4.74. The molecule has 0 bridgehead atoms. The van der Waals surface area contributed by atoms with Crippen molar-refractivity contribution >= 4 is 29.6 Å². The van der Waals surface area contributed by atoms with Crippen molar-refractivity contribution in [2.45, 2.75) is 82.6 Å². The third kappa shape index (κ3) is 5.20. The first-order chi connectivity index (χ1) is 15.2. The van der Waals surface area contributed by atoms with Crippen molar-refractivity contribution in [3.63, 3.8) is 0 Å². The average molecular weight is 452 g/mol. The number of carboxylic acid groups (broad SMARTS) is 1. The molecule has 0 aromatic heterocycles. The first-order valence-electron chi connectivity index (χ1n) is 11.4. The summed E-state index contributed by atoms with van der Waals surface area (Å²) in [5, 5.41) is 17.8. The van der Waals surface area contributed by atoms with Gasteiger partial charge in [-0.1, -0.05) is 0 Å². The van der Waals surface area contributed by atoms with Gasteiger partial charge in [0.25, 0.3) is 0 Å². The highest BCUT2D eigenvalue weighted by molar-refractivity contribution is 5.95. The molecule has 3 heterocycles. The maximum absolute atomic E-state index is 12.9. The first-order valence-corrected chi connectivity index (χ1v) is 11.4. The van der Waals surface area contributed by atoms with Crippen LogP contribution in [0.2, 0.25) is 0 Å². The second kappa shape index (κ2) is 10.3. The number of likely N-dealkylation sites (tertiary alicyclic amines) is 2. The van der Waals surface area contributed by atoms with Crippen molar-refractivity contribution in [3.05, 3.63) is 0 Å². The van der Waals surface area contributed by atoms with Crippen molar-refractivity contribution in [2.24, 2.45) is 0 Å². The molecule has 3 fully saturated rings. The Kier molecular flexibility index (Phi) is 7.70. The van der Waals surface area contributed by atoms with Crippen molar-refractivity contribution < 1.29 is 29.1 Å². The topological polar surface area (TPSA) is 148 Å². The van der Waals surface area contributed by atoms with E-state index in [1.54, 1.807) is 6.92 Å². The summed E-state index contributed by atoms with van der Waals surface area (Å²) < 4.78 is 0. The van der Waals surface area contributed by atoms with Gasteiger partial charge in [0.1, 0.15) is 24.2 Å². The second-order valence-electron chi connectivity index (χ2n) is 8.83. The zero-order valence-corrected chi connectivity index (χ0v) is 18.6. The molecule has 4 amide bonds. The molecule has 3 aliphatic heterocycles. The third-order valence-electron chi connectivity index (χ3n) is 6.49. The van der Waals surface area contributed by atoms with E-state index in [-0.39, 0.29) is 17.9 Å². The number of carbonyl (C=O) groups excluding carboxylic acids is 4. The average Bonchev–Trinajstić information content (AvgIpc) is 3.53. The Morgan fingerprint density at radius 2 is 1.34 bits per heavy atom. The summed E-state index contributed by atoms with van der Waals surface area (Å²) >= 11 is 0. The minimum Gasteiger partial charge on any atom is -0.480 e. The Morgan fingerprint density at radius 1 is 0.812 bits per heavy atom. The fourth-order valence-corrected chi connectivity index (χ4v) is 4.74. The summed E-state index contributed by atoms with van der Waals surface area (Å²) in [5.41, 5.74) is 0. The lowest BCUT2D eigenvalue weighted by Gasteiger charge is -2.29. The Morgan fingerprint density at radius 3 is 1.88 bits per heavy atom. The zero-order valence-electron chi connectivity index (χ0n) is 18.6. The highest BCUT2D eigenvalue weighted by Crippen LogP contribution is 2.21. The molecule has 4 N–H and O–H groups in total. The molecule has 178 valence electrons. The Bertz CT molecular complexity index is 768. The number of hydrogen-bond acceptors (Lipinski definition) is 6. The highest BCUT2D eigenvalue weighted by atomic mass is 16.4. The largest absolute Gasteiger partial charge is 0.480 e. The molecule has 3 aliphatic rings. The van der Waals surface area contributed by atoms with Crippen LogP contribution in [0.25, 0.3) is 0 Å². The van der Waals surface area contributed by atoms with Gasteiger partial charge in [-0.25, -0.2) is 4.79 Å². The van der Waals surface area contributed by atoms with E-state index in [4.69, 9.17) is 0 Å². The number of carboxylic acids is 1. The lowest BCUT2D eigenvalue weighted by Crippen LogP contribution is -2.57. The van der Waals surface area contributed by atoms with Crippen molar-refractivity contribution in [2.75, 3.05) is 19.6 Å². The van der Waals surface area contributed by atoms with Gasteiger partial charge in [0.2, 0.25) is 23.6 Å². The van der Waals surface area contributed by atoms with E-state index >= 15 is 0 Å². The van der Waals surface area contributed by atoms with Crippen LogP contribution in [0.4, 0.5) is 0 Å². The Balaban J connectivity index is 1.56. The molecule has 3 rings (SSSR count). The summed E-state index contributed by atoms with van der Waals surface area (Å²) in [7, 11) is 0. The predicted molar refractivity (Wildman–Crippen MR) is 113 cm³/mol. The van der Waals surface area contributed by atoms with Crippen LogP contribution in [-0.2, 0) is 24.0 Å². The molecule has 0 spiro atoms. The van der Waals surface area contributed by atoms with E-state index in [1.165, 1.54) is 16.7 Å². The molecule has 0 saturated carbocycles. The Hall–Kier alpha value is -2.69. The molecule has 5 atom stereocenters. The molecule has 0 aromatic rings. The molecular weight excluding hydrogens is 418 g/mol. The number of aliphatic carboxylic acids is 1. The zero-order chi connectivity index (χ0) is 23.4. The number of nitrogens with zero attached hydrogens (tertiary/aromatic N) is 2. The molecule has 3 saturated heterocycles. The number of rotatable bonds is 7. The lowest BCUT2D eigenvalue weighted by atomic mass is 10.1. The van der Waals surface area contributed by atoms with E-state index in [1.807, 2.05) is 0 Å². The van der Waals surface area contributed by atoms with Crippen LogP contribution in [-0.4, -0.2) is 94.3 Å². The van der Waals surface area contributed by atoms with Crippen LogP contribution in [0.5, 0.6) is 0 Å². The smallest absolute Gasteiger partial charge is 0.326 e. The fraction of sp³-hybridized carbons (Fsp3) is 0.762. The summed E-state index contributed by atoms with van der Waals surface area (Å²) in [6.45, 7) is 4.64. The molecule has 11 heteroatoms. The van der Waals surface area contributed by atoms with Gasteiger partial charge < -0.3 is 30.9 Å². The second-order valence-corrected chi connectivity index (χ2v) is 8.83. The van der Waals surface area contributed by atoms with Crippen LogP contribution in [0.1, 0.15) is 52.4 Å². The first kappa shape index (κ1) is 24.0. The minimum atomic E-state index is -1.05. The highest BCUT2D eigenvalue weighted by Gasteiger charge is 2.40. The van der Waals surface area contributed by atoms with Gasteiger partial charge in [-0.05, 0) is 58.9 Å². The van der Waals surface area contributed by atoms with Gasteiger partial charge in [0.05, 0.1) is 6.04 Å².